The van der Waals surface area contributed by atoms with Crippen molar-refractivity contribution >= 4 is 15.9 Å². The van der Waals surface area contributed by atoms with Gasteiger partial charge in [-0.25, -0.2) is 0 Å². The van der Waals surface area contributed by atoms with Gasteiger partial charge in [-0.2, -0.15) is 0 Å². The third-order valence-electron chi connectivity index (χ3n) is 3.31. The van der Waals surface area contributed by atoms with E-state index < -0.39 is 0 Å². The van der Waals surface area contributed by atoms with E-state index in [2.05, 4.69) is 67.1 Å². The first kappa shape index (κ1) is 16.7. The van der Waals surface area contributed by atoms with Crippen LogP contribution in [0.15, 0.2) is 22.7 Å². The van der Waals surface area contributed by atoms with E-state index in [1.165, 1.54) is 17.5 Å². The van der Waals surface area contributed by atoms with Crippen LogP contribution in [0, 0.1) is 5.92 Å². The van der Waals surface area contributed by atoms with Crippen molar-refractivity contribution in [1.29, 1.82) is 0 Å². The van der Waals surface area contributed by atoms with Gasteiger partial charge in [-0.3, -0.25) is 0 Å². The molecule has 0 saturated heterocycles. The van der Waals surface area contributed by atoms with Crippen LogP contribution in [0.3, 0.4) is 0 Å². The van der Waals surface area contributed by atoms with Crippen molar-refractivity contribution in [3.8, 4) is 0 Å². The Morgan fingerprint density at radius 2 is 2.00 bits per heavy atom. The number of halogens is 1. The molecule has 1 unspecified atom stereocenters. The molecule has 0 radical (unpaired) electrons. The van der Waals surface area contributed by atoms with Gasteiger partial charge in [0.1, 0.15) is 0 Å². The summed E-state index contributed by atoms with van der Waals surface area (Å²) in [5.74, 6) is 0.552. The first-order valence-corrected chi connectivity index (χ1v) is 7.93. The van der Waals surface area contributed by atoms with Crippen LogP contribution in [0.1, 0.15) is 45.2 Å². The highest BCUT2D eigenvalue weighted by Crippen LogP contribution is 2.21. The fourth-order valence-corrected chi connectivity index (χ4v) is 2.18. The summed E-state index contributed by atoms with van der Waals surface area (Å²) >= 11 is 3.64. The molecule has 1 aromatic carbocycles. The SMILES string of the molecule is CCCNCc1ccc(COC(C)C(C)C)c(Br)c1. The van der Waals surface area contributed by atoms with Crippen molar-refractivity contribution in [2.75, 3.05) is 6.54 Å². The Bertz CT molecular complexity index is 379. The second-order valence-corrected chi connectivity index (χ2v) is 6.22. The molecule has 2 nitrogen and oxygen atoms in total. The maximum atomic E-state index is 5.86. The fourth-order valence-electron chi connectivity index (χ4n) is 1.64. The molecule has 19 heavy (non-hydrogen) atoms. The number of hydrogen-bond donors (Lipinski definition) is 1. The smallest absolute Gasteiger partial charge is 0.0731 e. The van der Waals surface area contributed by atoms with Crippen molar-refractivity contribution in [3.63, 3.8) is 0 Å². The lowest BCUT2D eigenvalue weighted by Gasteiger charge is -2.17. The molecule has 0 saturated carbocycles. The molecule has 0 spiro atoms. The highest BCUT2D eigenvalue weighted by molar-refractivity contribution is 9.10. The summed E-state index contributed by atoms with van der Waals surface area (Å²) < 4.78 is 7.00. The number of hydrogen-bond acceptors (Lipinski definition) is 2. The van der Waals surface area contributed by atoms with Crippen LogP contribution in [0.25, 0.3) is 0 Å². The molecule has 0 aromatic heterocycles. The Hall–Kier alpha value is -0.380. The van der Waals surface area contributed by atoms with Gasteiger partial charge in [0.15, 0.2) is 0 Å². The largest absolute Gasteiger partial charge is 0.374 e. The van der Waals surface area contributed by atoms with E-state index in [4.69, 9.17) is 4.74 Å². The summed E-state index contributed by atoms with van der Waals surface area (Å²) in [7, 11) is 0. The van der Waals surface area contributed by atoms with Crippen LogP contribution in [0.4, 0.5) is 0 Å². The van der Waals surface area contributed by atoms with E-state index in [1.807, 2.05) is 0 Å². The Balaban J connectivity index is 2.52. The van der Waals surface area contributed by atoms with Gasteiger partial charge in [0.25, 0.3) is 0 Å². The molecule has 0 heterocycles. The van der Waals surface area contributed by atoms with Crippen molar-refractivity contribution in [2.24, 2.45) is 5.92 Å². The van der Waals surface area contributed by atoms with Crippen molar-refractivity contribution in [1.82, 2.24) is 5.32 Å². The van der Waals surface area contributed by atoms with Gasteiger partial charge in [-0.15, -0.1) is 0 Å². The van der Waals surface area contributed by atoms with Gasteiger partial charge < -0.3 is 10.1 Å². The number of benzene rings is 1. The first-order valence-electron chi connectivity index (χ1n) is 7.14. The van der Waals surface area contributed by atoms with Gasteiger partial charge in [0, 0.05) is 11.0 Å². The molecular formula is C16H26BrNO. The van der Waals surface area contributed by atoms with E-state index in [-0.39, 0.29) is 6.10 Å². The summed E-state index contributed by atoms with van der Waals surface area (Å²) in [6, 6.07) is 6.51. The predicted molar refractivity (Wildman–Crippen MR) is 85.2 cm³/mol. The zero-order valence-corrected chi connectivity index (χ0v) is 14.1. The van der Waals surface area contributed by atoms with Crippen LogP contribution >= 0.6 is 15.9 Å². The highest BCUT2D eigenvalue weighted by Gasteiger charge is 2.09. The molecule has 0 aliphatic heterocycles. The molecular weight excluding hydrogens is 302 g/mol. The maximum absolute atomic E-state index is 5.86. The highest BCUT2D eigenvalue weighted by atomic mass is 79.9. The molecule has 0 amide bonds. The summed E-state index contributed by atoms with van der Waals surface area (Å²) in [4.78, 5) is 0. The minimum Gasteiger partial charge on any atom is -0.374 e. The molecule has 1 rings (SSSR count). The van der Waals surface area contributed by atoms with Crippen molar-refractivity contribution < 1.29 is 4.74 Å². The minimum atomic E-state index is 0.290. The summed E-state index contributed by atoms with van der Waals surface area (Å²) in [5, 5.41) is 3.41. The predicted octanol–water partition coefficient (Wildman–Crippen LogP) is 4.51. The molecule has 0 bridgehead atoms. The third kappa shape index (κ3) is 6.07. The van der Waals surface area contributed by atoms with Crippen LogP contribution in [0.5, 0.6) is 0 Å². The van der Waals surface area contributed by atoms with E-state index in [1.54, 1.807) is 0 Å². The first-order chi connectivity index (χ1) is 9.04. The van der Waals surface area contributed by atoms with Crippen molar-refractivity contribution in [2.45, 2.75) is 53.4 Å². The molecule has 0 fully saturated rings. The third-order valence-corrected chi connectivity index (χ3v) is 4.05. The summed E-state index contributed by atoms with van der Waals surface area (Å²) in [6.45, 7) is 11.3. The Morgan fingerprint density at radius 1 is 1.26 bits per heavy atom. The average Bonchev–Trinajstić information content (AvgIpc) is 2.37. The standard InChI is InChI=1S/C16H26BrNO/c1-5-8-18-10-14-6-7-15(16(17)9-14)11-19-13(4)12(2)3/h6-7,9,12-13,18H,5,8,10-11H2,1-4H3. The van der Waals surface area contributed by atoms with Crippen molar-refractivity contribution in [3.05, 3.63) is 33.8 Å². The average molecular weight is 328 g/mol. The number of ether oxygens (including phenoxy) is 1. The number of nitrogens with one attached hydrogen (secondary N) is 1. The lowest BCUT2D eigenvalue weighted by molar-refractivity contribution is 0.0232. The topological polar surface area (TPSA) is 21.3 Å². The maximum Gasteiger partial charge on any atom is 0.0731 e. The quantitative estimate of drug-likeness (QED) is 0.709. The zero-order chi connectivity index (χ0) is 14.3. The van der Waals surface area contributed by atoms with E-state index in [0.29, 0.717) is 12.5 Å². The zero-order valence-electron chi connectivity index (χ0n) is 12.5. The Kier molecular flexibility index (Phi) is 7.66. The van der Waals surface area contributed by atoms with Crippen LogP contribution in [-0.2, 0) is 17.9 Å². The van der Waals surface area contributed by atoms with Crippen LogP contribution in [0.2, 0.25) is 0 Å². The van der Waals surface area contributed by atoms with Crippen LogP contribution in [-0.4, -0.2) is 12.6 Å². The minimum absolute atomic E-state index is 0.290. The lowest BCUT2D eigenvalue weighted by atomic mass is 10.1. The molecule has 1 atom stereocenters. The molecule has 0 aliphatic rings. The van der Waals surface area contributed by atoms with Gasteiger partial charge in [0.05, 0.1) is 12.7 Å². The molecule has 0 aliphatic carbocycles. The molecule has 3 heteroatoms. The molecule has 108 valence electrons. The molecule has 1 aromatic rings. The Labute approximate surface area is 126 Å². The lowest BCUT2D eigenvalue weighted by Crippen LogP contribution is -2.15. The Morgan fingerprint density at radius 3 is 2.58 bits per heavy atom. The van der Waals surface area contributed by atoms with Gasteiger partial charge in [0.2, 0.25) is 0 Å². The van der Waals surface area contributed by atoms with E-state index >= 15 is 0 Å². The van der Waals surface area contributed by atoms with E-state index in [0.717, 1.165) is 17.6 Å². The van der Waals surface area contributed by atoms with Crippen LogP contribution < -0.4 is 5.32 Å². The molecule has 1 N–H and O–H groups in total. The van der Waals surface area contributed by atoms with Gasteiger partial charge in [-0.05, 0) is 43.0 Å². The van der Waals surface area contributed by atoms with E-state index in [9.17, 15) is 0 Å². The van der Waals surface area contributed by atoms with Gasteiger partial charge in [-0.1, -0.05) is 48.8 Å². The summed E-state index contributed by atoms with van der Waals surface area (Å²) in [6.07, 6.45) is 1.46. The van der Waals surface area contributed by atoms with Gasteiger partial charge >= 0.3 is 0 Å². The summed E-state index contributed by atoms with van der Waals surface area (Å²) in [5.41, 5.74) is 2.52. The second kappa shape index (κ2) is 8.72. The number of rotatable bonds is 8. The fraction of sp³-hybridized carbons (Fsp3) is 0.625. The monoisotopic (exact) mass is 327 g/mol. The normalized spacial score (nSPS) is 12.9. The second-order valence-electron chi connectivity index (χ2n) is 5.36.